The van der Waals surface area contributed by atoms with E-state index in [1.165, 1.54) is 93.6 Å². The zero-order chi connectivity index (χ0) is 21.6. The summed E-state index contributed by atoms with van der Waals surface area (Å²) in [7, 11) is 0. The summed E-state index contributed by atoms with van der Waals surface area (Å²) in [6.07, 6.45) is 17.1. The number of hydrazine groups is 1. The van der Waals surface area contributed by atoms with Crippen LogP contribution in [0, 0.1) is 0 Å². The molecule has 0 radical (unpaired) electrons. The number of hydrogen-bond acceptors (Lipinski definition) is 5. The molecule has 3 heterocycles. The van der Waals surface area contributed by atoms with Gasteiger partial charge < -0.3 is 9.51 Å². The molecule has 32 heavy (non-hydrogen) atoms. The van der Waals surface area contributed by atoms with Crippen molar-refractivity contribution < 1.29 is 4.52 Å². The number of nitrogens with zero attached hydrogens (tertiary/aromatic N) is 4. The Labute approximate surface area is 191 Å². The van der Waals surface area contributed by atoms with E-state index in [0.717, 1.165) is 18.9 Å². The average Bonchev–Trinajstić information content (AvgIpc) is 3.51. The van der Waals surface area contributed by atoms with Crippen LogP contribution in [0.3, 0.4) is 0 Å². The zero-order valence-corrected chi connectivity index (χ0v) is 19.2. The zero-order valence-electron chi connectivity index (χ0n) is 19.2. The van der Waals surface area contributed by atoms with E-state index >= 15 is 0 Å². The maximum absolute atomic E-state index is 5.14. The molecule has 1 N–H and O–H groups in total. The van der Waals surface area contributed by atoms with E-state index in [1.54, 1.807) is 6.26 Å². The Morgan fingerprint density at radius 3 is 2.53 bits per heavy atom. The smallest absolute Gasteiger partial charge is 0.207 e. The van der Waals surface area contributed by atoms with Crippen molar-refractivity contribution in [3.8, 4) is 0 Å². The summed E-state index contributed by atoms with van der Waals surface area (Å²) in [5.74, 6) is 1.49. The number of fused-ring (bicyclic) bond motifs is 1. The highest BCUT2D eigenvalue weighted by molar-refractivity contribution is 5.80. The van der Waals surface area contributed by atoms with Gasteiger partial charge in [-0.05, 0) is 62.0 Å². The number of rotatable bonds is 3. The highest BCUT2D eigenvalue weighted by Gasteiger charge is 2.29. The van der Waals surface area contributed by atoms with Crippen molar-refractivity contribution in [3.63, 3.8) is 0 Å². The van der Waals surface area contributed by atoms with E-state index in [4.69, 9.17) is 4.52 Å². The topological polar surface area (TPSA) is 61.2 Å². The predicted molar refractivity (Wildman–Crippen MR) is 129 cm³/mol. The Morgan fingerprint density at radius 2 is 1.66 bits per heavy atom. The quantitative estimate of drug-likeness (QED) is 0.513. The van der Waals surface area contributed by atoms with Gasteiger partial charge >= 0.3 is 0 Å². The fourth-order valence-electron chi connectivity index (χ4n) is 5.77. The van der Waals surface area contributed by atoms with Gasteiger partial charge in [-0.15, -0.1) is 0 Å². The molecule has 1 saturated heterocycles. The van der Waals surface area contributed by atoms with E-state index in [0.29, 0.717) is 12.0 Å². The number of para-hydroxylation sites is 1. The van der Waals surface area contributed by atoms with Gasteiger partial charge in [-0.2, -0.15) is 0 Å². The van der Waals surface area contributed by atoms with Crippen molar-refractivity contribution in [2.75, 3.05) is 18.1 Å². The van der Waals surface area contributed by atoms with Crippen LogP contribution in [-0.2, 0) is 0 Å². The van der Waals surface area contributed by atoms with Crippen molar-refractivity contribution in [1.82, 2.24) is 20.4 Å². The summed E-state index contributed by atoms with van der Waals surface area (Å²) in [5, 5.41) is 14.4. The second-order valence-corrected chi connectivity index (χ2v) is 9.70. The molecule has 2 atom stereocenters. The van der Waals surface area contributed by atoms with Crippen LogP contribution in [0.5, 0.6) is 0 Å². The van der Waals surface area contributed by atoms with E-state index in [2.05, 4.69) is 55.7 Å². The third kappa shape index (κ3) is 5.01. The van der Waals surface area contributed by atoms with Gasteiger partial charge in [0.1, 0.15) is 0 Å². The van der Waals surface area contributed by atoms with Crippen LogP contribution >= 0.6 is 0 Å². The van der Waals surface area contributed by atoms with Crippen LogP contribution in [0.25, 0.3) is 10.9 Å². The molecule has 2 aliphatic rings. The Hall–Kier alpha value is -2.34. The van der Waals surface area contributed by atoms with Crippen LogP contribution in [0.2, 0.25) is 0 Å². The number of H-pyrrole nitrogens is 1. The minimum atomic E-state index is 0.551. The second-order valence-electron chi connectivity index (χ2n) is 9.70. The summed E-state index contributed by atoms with van der Waals surface area (Å²) < 4.78 is 5.14. The monoisotopic (exact) mass is 435 g/mol. The van der Waals surface area contributed by atoms with Crippen LogP contribution in [0.4, 0.5) is 5.82 Å². The summed E-state index contributed by atoms with van der Waals surface area (Å²) in [6.45, 7) is 2.12. The largest absolute Gasteiger partial charge is 0.358 e. The minimum absolute atomic E-state index is 0.551. The van der Waals surface area contributed by atoms with E-state index in [-0.39, 0.29) is 0 Å². The van der Waals surface area contributed by atoms with Gasteiger partial charge in [-0.1, -0.05) is 61.8 Å². The number of aromatic amines is 1. The summed E-state index contributed by atoms with van der Waals surface area (Å²) in [4.78, 5) is 3.73. The first-order valence-corrected chi connectivity index (χ1v) is 12.8. The first-order valence-electron chi connectivity index (χ1n) is 12.8. The molecule has 0 amide bonds. The molecule has 2 aromatic heterocycles. The molecule has 1 saturated carbocycles. The lowest BCUT2D eigenvalue weighted by Gasteiger charge is -2.40. The van der Waals surface area contributed by atoms with E-state index in [9.17, 15) is 0 Å². The molecule has 5 rings (SSSR count). The molecule has 2 fully saturated rings. The maximum Gasteiger partial charge on any atom is 0.207 e. The van der Waals surface area contributed by atoms with Crippen molar-refractivity contribution in [2.45, 2.75) is 89.0 Å². The number of benzene rings is 1. The number of hydrogen-bond donors (Lipinski definition) is 1. The molecule has 1 aliphatic heterocycles. The predicted octanol–water partition coefficient (Wildman–Crippen LogP) is 6.44. The van der Waals surface area contributed by atoms with Crippen LogP contribution in [0.1, 0.15) is 88.7 Å². The molecule has 172 valence electrons. The lowest BCUT2D eigenvalue weighted by molar-refractivity contribution is 0.151. The van der Waals surface area contributed by atoms with Crippen molar-refractivity contribution in [3.05, 3.63) is 42.3 Å². The van der Waals surface area contributed by atoms with Crippen molar-refractivity contribution in [1.29, 1.82) is 0 Å². The first-order chi connectivity index (χ1) is 15.9. The van der Waals surface area contributed by atoms with Gasteiger partial charge in [-0.3, -0.25) is 5.01 Å². The standard InChI is InChI=1S/C26H37N5O/c1-2-9-17-30(31(18-10-3-1)26-20-32-29-28-26)23-13-6-4-5-11-21(15-16-23)25-19-22-12-7-8-14-24(22)27-25/h7-8,12,14,19-21,23,27H,1-6,9-11,13,15-18H2. The molecule has 0 spiro atoms. The third-order valence-corrected chi connectivity index (χ3v) is 7.53. The molecular formula is C26H37N5O. The van der Waals surface area contributed by atoms with Crippen LogP contribution in [-0.4, -0.2) is 39.5 Å². The van der Waals surface area contributed by atoms with Gasteiger partial charge in [0.05, 0.1) is 0 Å². The molecule has 2 unspecified atom stereocenters. The van der Waals surface area contributed by atoms with Crippen LogP contribution in [0.15, 0.2) is 41.1 Å². The first kappa shape index (κ1) is 21.5. The Kier molecular flexibility index (Phi) is 7.07. The van der Waals surface area contributed by atoms with Gasteiger partial charge in [0, 0.05) is 35.6 Å². The summed E-state index contributed by atoms with van der Waals surface area (Å²) in [6, 6.07) is 11.6. The molecule has 1 aromatic carbocycles. The lowest BCUT2D eigenvalue weighted by atomic mass is 9.92. The molecule has 3 aromatic rings. The number of nitrogens with one attached hydrogen (secondary N) is 1. The van der Waals surface area contributed by atoms with E-state index < -0.39 is 0 Å². The van der Waals surface area contributed by atoms with Gasteiger partial charge in [0.15, 0.2) is 6.26 Å². The SMILES string of the molecule is c1ccc2[nH]c(C3CCCCCC(N4CCCCCCCN4c4conn4)CC3)cc2c1. The summed E-state index contributed by atoms with van der Waals surface area (Å²) in [5.41, 5.74) is 2.69. The second kappa shape index (κ2) is 10.5. The van der Waals surface area contributed by atoms with Crippen molar-refractivity contribution >= 4 is 16.7 Å². The third-order valence-electron chi connectivity index (χ3n) is 7.53. The van der Waals surface area contributed by atoms with Crippen molar-refractivity contribution in [2.24, 2.45) is 0 Å². The molecule has 1 aliphatic carbocycles. The maximum atomic E-state index is 5.14. The van der Waals surface area contributed by atoms with Gasteiger partial charge in [0.2, 0.25) is 5.82 Å². The average molecular weight is 436 g/mol. The van der Waals surface area contributed by atoms with Crippen LogP contribution < -0.4 is 5.01 Å². The molecule has 0 bridgehead atoms. The van der Waals surface area contributed by atoms with E-state index in [1.807, 2.05) is 0 Å². The number of aromatic nitrogens is 3. The Balaban J connectivity index is 1.36. The van der Waals surface area contributed by atoms with Gasteiger partial charge in [0.25, 0.3) is 0 Å². The minimum Gasteiger partial charge on any atom is -0.358 e. The molecule has 6 nitrogen and oxygen atoms in total. The summed E-state index contributed by atoms with van der Waals surface area (Å²) >= 11 is 0. The fourth-order valence-corrected chi connectivity index (χ4v) is 5.77. The lowest BCUT2D eigenvalue weighted by Crippen LogP contribution is -2.50. The molecular weight excluding hydrogens is 398 g/mol. The van der Waals surface area contributed by atoms with Gasteiger partial charge in [-0.25, -0.2) is 5.01 Å². The Bertz CT molecular complexity index is 919. The molecule has 6 heteroatoms. The fraction of sp³-hybridized carbons (Fsp3) is 0.615. The Morgan fingerprint density at radius 1 is 0.844 bits per heavy atom. The number of anilines is 1. The highest BCUT2D eigenvalue weighted by Crippen LogP contribution is 2.34. The normalized spacial score (nSPS) is 24.8. The highest BCUT2D eigenvalue weighted by atomic mass is 16.5.